The fraction of sp³-hybridized carbons (Fsp3) is 0.517. The molecule has 0 bridgehead atoms. The molecule has 0 saturated heterocycles. The zero-order valence-corrected chi connectivity index (χ0v) is 23.4. The summed E-state index contributed by atoms with van der Waals surface area (Å²) in [4.78, 5) is 2.42. The van der Waals surface area contributed by atoms with Crippen molar-refractivity contribution < 1.29 is 17.9 Å². The quantitative estimate of drug-likeness (QED) is 0.477. The maximum absolute atomic E-state index is 12.3. The van der Waals surface area contributed by atoms with Gasteiger partial charge in [0.25, 0.3) is 0 Å². The molecule has 5 atom stereocenters. The minimum absolute atomic E-state index is 0.00740. The molecule has 2 aromatic carbocycles. The Labute approximate surface area is 225 Å². The van der Waals surface area contributed by atoms with E-state index in [2.05, 4.69) is 37.5 Å². The van der Waals surface area contributed by atoms with Crippen LogP contribution in [0.4, 0.5) is 5.69 Å². The molecule has 0 aromatic heterocycles. The van der Waals surface area contributed by atoms with Gasteiger partial charge in [0.15, 0.2) is 0 Å². The second-order valence-electron chi connectivity index (χ2n) is 11.3. The SMILES string of the molecule is C=C[C@@H](OC)C1([C@@H](C)CN2C[C@@]3(CCCc4cc(Cl)ccc43)COc3ccc(S(N)(=O)=O)cc32)CC1C. The summed E-state index contributed by atoms with van der Waals surface area (Å²) < 4.78 is 36.9. The van der Waals surface area contributed by atoms with Crippen molar-refractivity contribution in [3.05, 3.63) is 65.2 Å². The average molecular weight is 545 g/mol. The Morgan fingerprint density at radius 3 is 2.73 bits per heavy atom. The molecule has 37 heavy (non-hydrogen) atoms. The highest BCUT2D eigenvalue weighted by atomic mass is 35.5. The van der Waals surface area contributed by atoms with E-state index in [4.69, 9.17) is 26.2 Å². The number of sulfonamides is 1. The third-order valence-corrected chi connectivity index (χ3v) is 10.3. The molecule has 1 fully saturated rings. The van der Waals surface area contributed by atoms with Crippen molar-refractivity contribution in [2.24, 2.45) is 22.4 Å². The van der Waals surface area contributed by atoms with Crippen molar-refractivity contribution in [3.8, 4) is 5.75 Å². The fourth-order valence-electron chi connectivity index (χ4n) is 7.14. The number of methoxy groups -OCH3 is 1. The van der Waals surface area contributed by atoms with Gasteiger partial charge in [-0.3, -0.25) is 0 Å². The minimum Gasteiger partial charge on any atom is -0.490 e. The van der Waals surface area contributed by atoms with Gasteiger partial charge in [-0.1, -0.05) is 37.6 Å². The second kappa shape index (κ2) is 9.60. The number of hydrogen-bond acceptors (Lipinski definition) is 5. The predicted molar refractivity (Wildman–Crippen MR) is 148 cm³/mol. The van der Waals surface area contributed by atoms with E-state index in [1.807, 2.05) is 12.1 Å². The normalized spacial score (nSPS) is 28.5. The van der Waals surface area contributed by atoms with Gasteiger partial charge in [0.1, 0.15) is 5.75 Å². The lowest BCUT2D eigenvalue weighted by Gasteiger charge is -2.42. The van der Waals surface area contributed by atoms with Crippen LogP contribution in [-0.2, 0) is 26.6 Å². The topological polar surface area (TPSA) is 81.9 Å². The summed E-state index contributed by atoms with van der Waals surface area (Å²) in [5.74, 6) is 1.46. The zero-order valence-electron chi connectivity index (χ0n) is 21.9. The van der Waals surface area contributed by atoms with Crippen LogP contribution < -0.4 is 14.8 Å². The molecule has 6 nitrogen and oxygen atoms in total. The van der Waals surface area contributed by atoms with Crippen molar-refractivity contribution in [2.75, 3.05) is 31.7 Å². The highest BCUT2D eigenvalue weighted by molar-refractivity contribution is 7.89. The Bertz CT molecular complexity index is 1310. The van der Waals surface area contributed by atoms with Crippen LogP contribution in [-0.4, -0.2) is 41.3 Å². The fourth-order valence-corrected chi connectivity index (χ4v) is 7.87. The van der Waals surface area contributed by atoms with Crippen molar-refractivity contribution in [1.29, 1.82) is 0 Å². The van der Waals surface area contributed by atoms with Crippen LogP contribution in [0.3, 0.4) is 0 Å². The van der Waals surface area contributed by atoms with Gasteiger partial charge in [0.2, 0.25) is 10.0 Å². The number of halogens is 1. The molecule has 2 N–H and O–H groups in total. The van der Waals surface area contributed by atoms with E-state index in [1.165, 1.54) is 17.2 Å². The van der Waals surface area contributed by atoms with Gasteiger partial charge < -0.3 is 14.4 Å². The summed E-state index contributed by atoms with van der Waals surface area (Å²) in [6, 6.07) is 11.1. The Balaban J connectivity index is 1.59. The molecule has 1 saturated carbocycles. The predicted octanol–water partition coefficient (Wildman–Crippen LogP) is 5.32. The number of ether oxygens (including phenoxy) is 2. The molecule has 2 unspecified atom stereocenters. The van der Waals surface area contributed by atoms with Crippen molar-refractivity contribution in [3.63, 3.8) is 0 Å². The number of hydrogen-bond donors (Lipinski definition) is 1. The molecule has 3 aliphatic rings. The van der Waals surface area contributed by atoms with Gasteiger partial charge in [-0.15, -0.1) is 6.58 Å². The molecule has 8 heteroatoms. The van der Waals surface area contributed by atoms with Crippen molar-refractivity contribution >= 4 is 27.3 Å². The first kappa shape index (κ1) is 26.5. The first-order valence-electron chi connectivity index (χ1n) is 13.0. The zero-order chi connectivity index (χ0) is 26.6. The Morgan fingerprint density at radius 2 is 2.08 bits per heavy atom. The van der Waals surface area contributed by atoms with Crippen LogP contribution in [0, 0.1) is 17.3 Å². The highest BCUT2D eigenvalue weighted by Gasteiger charge is 2.59. The summed E-state index contributed by atoms with van der Waals surface area (Å²) >= 11 is 6.36. The molecule has 5 rings (SSSR count). The first-order valence-corrected chi connectivity index (χ1v) is 15.0. The van der Waals surface area contributed by atoms with Crippen LogP contribution in [0.25, 0.3) is 0 Å². The Hall–Kier alpha value is -2.06. The van der Waals surface area contributed by atoms with E-state index in [9.17, 15) is 8.42 Å². The van der Waals surface area contributed by atoms with Gasteiger partial charge in [-0.25, -0.2) is 13.6 Å². The molecule has 2 aliphatic carbocycles. The number of benzene rings is 2. The monoisotopic (exact) mass is 544 g/mol. The number of fused-ring (bicyclic) bond motifs is 3. The summed E-state index contributed by atoms with van der Waals surface area (Å²) in [6.07, 6.45) is 5.97. The molecular formula is C29H37ClN2O4S. The average Bonchev–Trinajstić information content (AvgIpc) is 3.56. The molecule has 200 valence electrons. The van der Waals surface area contributed by atoms with Gasteiger partial charge in [0, 0.05) is 36.1 Å². The summed E-state index contributed by atoms with van der Waals surface area (Å²) in [5.41, 5.74) is 3.07. The maximum Gasteiger partial charge on any atom is 0.238 e. The lowest BCUT2D eigenvalue weighted by Crippen LogP contribution is -2.48. The van der Waals surface area contributed by atoms with Crippen LogP contribution in [0.15, 0.2) is 53.9 Å². The molecule has 2 aromatic rings. The number of rotatable bonds is 7. The minimum atomic E-state index is -3.86. The number of nitrogens with two attached hydrogens (primary N) is 1. The highest BCUT2D eigenvalue weighted by Crippen LogP contribution is 2.61. The van der Waals surface area contributed by atoms with Crippen LogP contribution in [0.2, 0.25) is 5.02 Å². The standard InChI is InChI=1S/C29H37ClN2O4S/c1-5-27(35-4)29(15-19(29)2)20(3)16-32-17-28(12-6-7-21-13-22(30)8-10-24(21)28)18-36-26-11-9-23(14-25(26)32)37(31,33)34/h5,8-11,13-14,19-20,27H,1,6-7,12,15-18H2,2-4H3,(H2,31,33,34)/t19?,20-,27+,28-,29?/m0/s1. The van der Waals surface area contributed by atoms with Gasteiger partial charge in [-0.05, 0) is 79.0 Å². The van der Waals surface area contributed by atoms with Crippen LogP contribution in [0.1, 0.15) is 44.2 Å². The molecule has 1 aliphatic heterocycles. The Kier molecular flexibility index (Phi) is 6.89. The number of anilines is 1. The molecule has 1 heterocycles. The Morgan fingerprint density at radius 1 is 1.32 bits per heavy atom. The van der Waals surface area contributed by atoms with E-state index in [0.717, 1.165) is 42.9 Å². The second-order valence-corrected chi connectivity index (χ2v) is 13.3. The lowest BCUT2D eigenvalue weighted by molar-refractivity contribution is 0.0435. The first-order chi connectivity index (χ1) is 17.5. The van der Waals surface area contributed by atoms with E-state index < -0.39 is 10.0 Å². The molecule has 0 radical (unpaired) electrons. The van der Waals surface area contributed by atoms with Gasteiger partial charge in [-0.2, -0.15) is 0 Å². The van der Waals surface area contributed by atoms with Crippen LogP contribution >= 0.6 is 11.6 Å². The largest absolute Gasteiger partial charge is 0.490 e. The number of primary sulfonamides is 1. The van der Waals surface area contributed by atoms with E-state index >= 15 is 0 Å². The molecular weight excluding hydrogens is 508 g/mol. The summed E-state index contributed by atoms with van der Waals surface area (Å²) in [7, 11) is -2.11. The van der Waals surface area contributed by atoms with Gasteiger partial charge >= 0.3 is 0 Å². The van der Waals surface area contributed by atoms with E-state index in [1.54, 1.807) is 19.2 Å². The molecule has 1 spiro atoms. The number of nitrogens with zero attached hydrogens (tertiary/aromatic N) is 1. The molecule has 0 amide bonds. The van der Waals surface area contributed by atoms with Gasteiger partial charge in [0.05, 0.1) is 23.3 Å². The lowest BCUT2D eigenvalue weighted by atomic mass is 9.70. The summed E-state index contributed by atoms with van der Waals surface area (Å²) in [6.45, 7) is 10.5. The van der Waals surface area contributed by atoms with Crippen molar-refractivity contribution in [1.82, 2.24) is 0 Å². The number of aryl methyl sites for hydroxylation is 1. The third-order valence-electron chi connectivity index (χ3n) is 9.16. The summed E-state index contributed by atoms with van der Waals surface area (Å²) in [5, 5.41) is 6.28. The van der Waals surface area contributed by atoms with E-state index in [0.29, 0.717) is 24.8 Å². The van der Waals surface area contributed by atoms with Crippen molar-refractivity contribution in [2.45, 2.75) is 55.9 Å². The smallest absolute Gasteiger partial charge is 0.238 e. The van der Waals surface area contributed by atoms with E-state index in [-0.39, 0.29) is 27.7 Å². The van der Waals surface area contributed by atoms with Crippen LogP contribution in [0.5, 0.6) is 5.75 Å². The third kappa shape index (κ3) is 4.58. The maximum atomic E-state index is 12.3.